The van der Waals surface area contributed by atoms with Crippen molar-refractivity contribution in [2.75, 3.05) is 0 Å². The first-order chi connectivity index (χ1) is 13.5. The fourth-order valence-corrected chi connectivity index (χ4v) is 4.40. The molecule has 0 saturated heterocycles. The van der Waals surface area contributed by atoms with Crippen LogP contribution >= 0.6 is 0 Å². The van der Waals surface area contributed by atoms with Crippen LogP contribution in [0.2, 0.25) is 0 Å². The van der Waals surface area contributed by atoms with Crippen molar-refractivity contribution in [1.29, 1.82) is 0 Å². The minimum atomic E-state index is -4.10. The van der Waals surface area contributed by atoms with Gasteiger partial charge in [-0.1, -0.05) is 6.07 Å². The summed E-state index contributed by atoms with van der Waals surface area (Å²) in [6.45, 7) is 0. The molecule has 8 nitrogen and oxygen atoms in total. The topological polar surface area (TPSA) is 106 Å². The normalized spacial score (nSPS) is 14.4. The Kier molecular flexibility index (Phi) is 3.66. The maximum absolute atomic E-state index is 12.9. The number of fused-ring (bicyclic) bond motifs is 2. The smallest absolute Gasteiger partial charge is 0.266 e. The number of carbonyl (C=O) groups is 1. The number of carbonyl (C=O) groups excluding carboxylic acids is 1. The van der Waals surface area contributed by atoms with Crippen LogP contribution in [-0.2, 0) is 10.0 Å². The van der Waals surface area contributed by atoms with Gasteiger partial charge in [0.05, 0.1) is 16.6 Å². The molecule has 0 aliphatic heterocycles. The van der Waals surface area contributed by atoms with Gasteiger partial charge in [0, 0.05) is 29.3 Å². The zero-order valence-electron chi connectivity index (χ0n) is 14.6. The number of benzene rings is 1. The minimum absolute atomic E-state index is 0.000341. The predicted octanol–water partition coefficient (Wildman–Crippen LogP) is 2.27. The average Bonchev–Trinajstić information content (AvgIpc) is 3.43. The van der Waals surface area contributed by atoms with Crippen molar-refractivity contribution >= 4 is 32.5 Å². The fourth-order valence-electron chi connectivity index (χ4n) is 3.22. The minimum Gasteiger partial charge on any atom is -0.266 e. The molecule has 0 bridgehead atoms. The summed E-state index contributed by atoms with van der Waals surface area (Å²) < 4.78 is 29.4. The first-order valence-electron chi connectivity index (χ1n) is 8.78. The van der Waals surface area contributed by atoms with E-state index in [1.807, 2.05) is 0 Å². The highest BCUT2D eigenvalue weighted by Gasteiger charge is 2.29. The quantitative estimate of drug-likeness (QED) is 0.570. The summed E-state index contributed by atoms with van der Waals surface area (Å²) in [6, 6.07) is 11.4. The number of amides is 1. The van der Waals surface area contributed by atoms with Crippen molar-refractivity contribution < 1.29 is 13.2 Å². The third kappa shape index (κ3) is 2.80. The van der Waals surface area contributed by atoms with Crippen molar-refractivity contribution in [2.45, 2.75) is 23.7 Å². The van der Waals surface area contributed by atoms with E-state index in [9.17, 15) is 13.2 Å². The molecule has 0 unspecified atom stereocenters. The van der Waals surface area contributed by atoms with Crippen molar-refractivity contribution in [2.24, 2.45) is 0 Å². The summed E-state index contributed by atoms with van der Waals surface area (Å²) in [6.07, 6.45) is 5.14. The number of nitrogens with zero attached hydrogens (tertiary/aromatic N) is 4. The van der Waals surface area contributed by atoms with E-state index < -0.39 is 15.9 Å². The molecule has 9 heteroatoms. The Morgan fingerprint density at radius 2 is 1.96 bits per heavy atom. The summed E-state index contributed by atoms with van der Waals surface area (Å²) in [5.74, 6) is -0.439. The van der Waals surface area contributed by atoms with Gasteiger partial charge in [-0.15, -0.1) is 0 Å². The molecule has 1 aliphatic rings. The van der Waals surface area contributed by atoms with Crippen molar-refractivity contribution in [3.8, 4) is 0 Å². The average molecular weight is 393 g/mol. The number of nitrogens with one attached hydrogen (secondary N) is 1. The summed E-state index contributed by atoms with van der Waals surface area (Å²) in [5, 5.41) is 4.55. The van der Waals surface area contributed by atoms with E-state index in [1.54, 1.807) is 42.6 Å². The molecule has 1 saturated carbocycles. The Morgan fingerprint density at radius 3 is 2.79 bits per heavy atom. The zero-order chi connectivity index (χ0) is 19.3. The van der Waals surface area contributed by atoms with E-state index in [2.05, 4.69) is 19.8 Å². The molecule has 3 aromatic heterocycles. The number of pyridine rings is 1. The Labute approximate surface area is 160 Å². The highest BCUT2D eigenvalue weighted by molar-refractivity contribution is 7.90. The maximum Gasteiger partial charge on any atom is 0.283 e. The Bertz CT molecular complexity index is 1340. The van der Waals surface area contributed by atoms with Crippen LogP contribution in [-0.4, -0.2) is 33.9 Å². The first-order valence-corrected chi connectivity index (χ1v) is 10.3. The van der Waals surface area contributed by atoms with E-state index in [4.69, 9.17) is 0 Å². The van der Waals surface area contributed by atoms with Gasteiger partial charge in [-0.3, -0.25) is 9.78 Å². The summed E-state index contributed by atoms with van der Waals surface area (Å²) in [5.41, 5.74) is 1.97. The molecule has 0 radical (unpaired) electrons. The molecular weight excluding hydrogens is 378 g/mol. The molecule has 28 heavy (non-hydrogen) atoms. The van der Waals surface area contributed by atoms with Gasteiger partial charge >= 0.3 is 0 Å². The van der Waals surface area contributed by atoms with Gasteiger partial charge in [0.1, 0.15) is 5.69 Å². The fraction of sp³-hybridized carbons (Fsp3) is 0.158. The first kappa shape index (κ1) is 16.8. The van der Waals surface area contributed by atoms with E-state index in [-0.39, 0.29) is 10.6 Å². The van der Waals surface area contributed by atoms with E-state index in [0.29, 0.717) is 22.5 Å². The van der Waals surface area contributed by atoms with Crippen molar-refractivity contribution in [3.63, 3.8) is 0 Å². The lowest BCUT2D eigenvalue weighted by molar-refractivity contribution is 0.0974. The van der Waals surface area contributed by atoms with E-state index in [1.165, 1.54) is 16.8 Å². The van der Waals surface area contributed by atoms with Crippen LogP contribution in [0.5, 0.6) is 0 Å². The molecule has 1 amide bonds. The highest BCUT2D eigenvalue weighted by Crippen LogP contribution is 2.39. The molecule has 1 aliphatic carbocycles. The van der Waals surface area contributed by atoms with Crippen LogP contribution in [0.25, 0.3) is 16.6 Å². The third-order valence-electron chi connectivity index (χ3n) is 4.73. The van der Waals surface area contributed by atoms with Crippen LogP contribution in [0.1, 0.15) is 34.9 Å². The van der Waals surface area contributed by atoms with Crippen LogP contribution in [0.4, 0.5) is 0 Å². The Hall–Kier alpha value is -3.33. The molecule has 3 heterocycles. The van der Waals surface area contributed by atoms with Gasteiger partial charge < -0.3 is 0 Å². The van der Waals surface area contributed by atoms with Crippen LogP contribution < -0.4 is 4.72 Å². The summed E-state index contributed by atoms with van der Waals surface area (Å²) in [4.78, 5) is 21.5. The van der Waals surface area contributed by atoms with Gasteiger partial charge in [0.25, 0.3) is 15.9 Å². The highest BCUT2D eigenvalue weighted by atomic mass is 32.2. The second-order valence-electron chi connectivity index (χ2n) is 6.70. The molecule has 1 N–H and O–H groups in total. The van der Waals surface area contributed by atoms with Crippen molar-refractivity contribution in [1.82, 2.24) is 24.3 Å². The lowest BCUT2D eigenvalue weighted by Gasteiger charge is -2.11. The SMILES string of the molecule is O=C(NS(=O)(=O)c1cccc2ncccc12)c1cc(C2CC2)nc2ccnn12. The molecule has 1 fully saturated rings. The lowest BCUT2D eigenvalue weighted by atomic mass is 10.2. The second-order valence-corrected chi connectivity index (χ2v) is 8.35. The lowest BCUT2D eigenvalue weighted by Crippen LogP contribution is -2.32. The predicted molar refractivity (Wildman–Crippen MR) is 101 cm³/mol. The monoisotopic (exact) mass is 393 g/mol. The zero-order valence-corrected chi connectivity index (χ0v) is 15.4. The van der Waals surface area contributed by atoms with E-state index >= 15 is 0 Å². The number of aromatic nitrogens is 4. The van der Waals surface area contributed by atoms with Crippen molar-refractivity contribution in [3.05, 3.63) is 66.2 Å². The molecule has 140 valence electrons. The number of hydrogen-bond acceptors (Lipinski definition) is 6. The summed E-state index contributed by atoms with van der Waals surface area (Å²) >= 11 is 0. The largest absolute Gasteiger partial charge is 0.283 e. The Balaban J connectivity index is 1.56. The number of sulfonamides is 1. The van der Waals surface area contributed by atoms with E-state index in [0.717, 1.165) is 18.5 Å². The summed E-state index contributed by atoms with van der Waals surface area (Å²) in [7, 11) is -4.10. The Morgan fingerprint density at radius 1 is 1.11 bits per heavy atom. The van der Waals surface area contributed by atoms with Crippen LogP contribution in [0.15, 0.2) is 59.8 Å². The maximum atomic E-state index is 12.9. The van der Waals surface area contributed by atoms with Gasteiger partial charge in [-0.05, 0) is 43.2 Å². The van der Waals surface area contributed by atoms with Gasteiger partial charge in [0.2, 0.25) is 0 Å². The molecule has 5 rings (SSSR count). The number of rotatable bonds is 4. The van der Waals surface area contributed by atoms with Gasteiger partial charge in [-0.2, -0.15) is 5.10 Å². The van der Waals surface area contributed by atoms with Crippen LogP contribution in [0.3, 0.4) is 0 Å². The van der Waals surface area contributed by atoms with Crippen LogP contribution in [0, 0.1) is 0 Å². The molecular formula is C19H15N5O3S. The second kappa shape index (κ2) is 6.10. The molecule has 0 spiro atoms. The molecule has 4 aromatic rings. The van der Waals surface area contributed by atoms with Gasteiger partial charge in [0.15, 0.2) is 5.65 Å². The third-order valence-corrected chi connectivity index (χ3v) is 6.12. The van der Waals surface area contributed by atoms with Gasteiger partial charge in [-0.25, -0.2) is 22.6 Å². The molecule has 0 atom stereocenters. The number of hydrogen-bond donors (Lipinski definition) is 1. The molecule has 1 aromatic carbocycles. The standard InChI is InChI=1S/C19H15N5O3S/c25-19(16-11-15(12-6-7-12)22-18-8-10-21-24(16)18)23-28(26,27)17-5-1-4-14-13(17)3-2-9-20-14/h1-5,8-12H,6-7H2,(H,23,25).